The van der Waals surface area contributed by atoms with Gasteiger partial charge in [0.1, 0.15) is 5.82 Å². The number of pyridine rings is 1. The van der Waals surface area contributed by atoms with Gasteiger partial charge in [-0.2, -0.15) is 5.10 Å². The van der Waals surface area contributed by atoms with Crippen molar-refractivity contribution >= 4 is 11.5 Å². The lowest BCUT2D eigenvalue weighted by Gasteiger charge is -2.17. The number of nitrogens with two attached hydrogens (primary N) is 1. The van der Waals surface area contributed by atoms with Gasteiger partial charge in [-0.3, -0.25) is 0 Å². The summed E-state index contributed by atoms with van der Waals surface area (Å²) in [7, 11) is 2.03. The predicted octanol–water partition coefficient (Wildman–Crippen LogP) is 3.24. The molecule has 0 saturated carbocycles. The van der Waals surface area contributed by atoms with Crippen molar-refractivity contribution in [2.45, 2.75) is 6.42 Å². The number of hydrogen-bond donors (Lipinski definition) is 1. The molecular formula is C21H22N6. The number of benzene rings is 1. The van der Waals surface area contributed by atoms with E-state index in [1.165, 1.54) is 0 Å². The molecule has 3 aromatic heterocycles. The van der Waals surface area contributed by atoms with Crippen molar-refractivity contribution in [2.24, 2.45) is 5.73 Å². The van der Waals surface area contributed by atoms with E-state index in [1.54, 1.807) is 0 Å². The van der Waals surface area contributed by atoms with Crippen LogP contribution in [0, 0.1) is 0 Å². The van der Waals surface area contributed by atoms with Crippen LogP contribution in [0.1, 0.15) is 6.42 Å². The van der Waals surface area contributed by atoms with Crippen molar-refractivity contribution < 1.29 is 0 Å². The minimum Gasteiger partial charge on any atom is -0.360 e. The van der Waals surface area contributed by atoms with Gasteiger partial charge in [-0.25, -0.2) is 14.5 Å². The Balaban J connectivity index is 1.73. The number of hydrogen-bond acceptors (Lipinski definition) is 5. The second-order valence-electron chi connectivity index (χ2n) is 6.46. The van der Waals surface area contributed by atoms with E-state index in [1.807, 2.05) is 60.4 Å². The normalized spacial score (nSPS) is 11.0. The van der Waals surface area contributed by atoms with Crippen LogP contribution in [0.25, 0.3) is 28.2 Å². The van der Waals surface area contributed by atoms with Crippen molar-refractivity contribution in [3.05, 3.63) is 67.0 Å². The van der Waals surface area contributed by atoms with E-state index in [0.717, 1.165) is 46.9 Å². The third-order valence-electron chi connectivity index (χ3n) is 4.56. The highest BCUT2D eigenvalue weighted by Crippen LogP contribution is 2.25. The minimum absolute atomic E-state index is 0.671. The minimum atomic E-state index is 0.671. The zero-order chi connectivity index (χ0) is 18.6. The van der Waals surface area contributed by atoms with Crippen LogP contribution in [0.4, 0.5) is 5.82 Å². The molecule has 0 aliphatic carbocycles. The first kappa shape index (κ1) is 17.2. The summed E-state index contributed by atoms with van der Waals surface area (Å²) >= 11 is 0. The highest BCUT2D eigenvalue weighted by atomic mass is 15.3. The summed E-state index contributed by atoms with van der Waals surface area (Å²) in [5, 5.41) is 4.81. The molecule has 6 nitrogen and oxygen atoms in total. The highest BCUT2D eigenvalue weighted by Gasteiger charge is 2.11. The van der Waals surface area contributed by atoms with Gasteiger partial charge >= 0.3 is 0 Å². The molecule has 0 aliphatic rings. The first-order chi connectivity index (χ1) is 13.3. The molecule has 0 radical (unpaired) electrons. The first-order valence-corrected chi connectivity index (χ1v) is 9.04. The Morgan fingerprint density at radius 2 is 1.78 bits per heavy atom. The van der Waals surface area contributed by atoms with Crippen LogP contribution in [0.5, 0.6) is 0 Å². The second kappa shape index (κ2) is 7.55. The zero-order valence-corrected chi connectivity index (χ0v) is 15.3. The van der Waals surface area contributed by atoms with Gasteiger partial charge in [-0.05, 0) is 31.2 Å². The van der Waals surface area contributed by atoms with Gasteiger partial charge in [0.25, 0.3) is 0 Å². The average Bonchev–Trinajstić information content (AvgIpc) is 3.17. The summed E-state index contributed by atoms with van der Waals surface area (Å²) in [6.07, 6.45) is 4.57. The molecule has 0 spiro atoms. The van der Waals surface area contributed by atoms with E-state index >= 15 is 0 Å². The zero-order valence-electron chi connectivity index (χ0n) is 15.3. The molecule has 0 bridgehead atoms. The SMILES string of the molecule is CN(CCCN)c1cc(-c2cc3nccc(-c4ccccc4)n3n2)ccn1. The topological polar surface area (TPSA) is 72.3 Å². The summed E-state index contributed by atoms with van der Waals surface area (Å²) < 4.78 is 1.89. The fourth-order valence-electron chi connectivity index (χ4n) is 3.09. The third-order valence-corrected chi connectivity index (χ3v) is 4.56. The molecule has 1 aromatic carbocycles. The van der Waals surface area contributed by atoms with Gasteiger partial charge < -0.3 is 10.6 Å². The molecule has 0 saturated heterocycles. The lowest BCUT2D eigenvalue weighted by molar-refractivity contribution is 0.787. The van der Waals surface area contributed by atoms with Crippen LogP contribution >= 0.6 is 0 Å². The largest absolute Gasteiger partial charge is 0.360 e. The molecule has 0 unspecified atom stereocenters. The van der Waals surface area contributed by atoms with Crippen molar-refractivity contribution in [1.29, 1.82) is 0 Å². The summed E-state index contributed by atoms with van der Waals surface area (Å²) in [5.74, 6) is 0.911. The van der Waals surface area contributed by atoms with Gasteiger partial charge in [0.2, 0.25) is 0 Å². The molecule has 0 aliphatic heterocycles. The average molecular weight is 358 g/mol. The van der Waals surface area contributed by atoms with Crippen molar-refractivity contribution in [2.75, 3.05) is 25.0 Å². The van der Waals surface area contributed by atoms with Crippen LogP contribution in [0.2, 0.25) is 0 Å². The summed E-state index contributed by atoms with van der Waals surface area (Å²) in [6, 6.07) is 18.2. The molecule has 2 N–H and O–H groups in total. The van der Waals surface area contributed by atoms with Crippen molar-refractivity contribution in [3.63, 3.8) is 0 Å². The van der Waals surface area contributed by atoms with Crippen LogP contribution in [0.3, 0.4) is 0 Å². The number of nitrogens with zero attached hydrogens (tertiary/aromatic N) is 5. The fourth-order valence-corrected chi connectivity index (χ4v) is 3.09. The maximum absolute atomic E-state index is 5.61. The van der Waals surface area contributed by atoms with Crippen molar-refractivity contribution in [1.82, 2.24) is 19.6 Å². The molecule has 3 heterocycles. The van der Waals surface area contributed by atoms with Crippen LogP contribution in [0.15, 0.2) is 67.0 Å². The van der Waals surface area contributed by atoms with Gasteiger partial charge in [0.15, 0.2) is 5.65 Å². The van der Waals surface area contributed by atoms with Crippen LogP contribution in [-0.2, 0) is 0 Å². The molecule has 0 fully saturated rings. The Kier molecular flexibility index (Phi) is 4.80. The standard InChI is InChI=1S/C21H22N6/c1-26(13-5-10-22)20-14-17(8-11-23-20)18-15-21-24-12-9-19(27(21)25-18)16-6-3-2-4-7-16/h2-4,6-9,11-12,14-15H,5,10,13,22H2,1H3. The van der Waals surface area contributed by atoms with Gasteiger partial charge in [-0.1, -0.05) is 30.3 Å². The van der Waals surface area contributed by atoms with Crippen molar-refractivity contribution in [3.8, 4) is 22.5 Å². The van der Waals surface area contributed by atoms with E-state index in [2.05, 4.69) is 33.1 Å². The summed E-state index contributed by atoms with van der Waals surface area (Å²) in [6.45, 7) is 1.54. The van der Waals surface area contributed by atoms with E-state index in [4.69, 9.17) is 10.8 Å². The van der Waals surface area contributed by atoms with E-state index < -0.39 is 0 Å². The Morgan fingerprint density at radius 1 is 0.963 bits per heavy atom. The van der Waals surface area contributed by atoms with Gasteiger partial charge in [-0.15, -0.1) is 0 Å². The van der Waals surface area contributed by atoms with Crippen LogP contribution < -0.4 is 10.6 Å². The second-order valence-corrected chi connectivity index (χ2v) is 6.46. The van der Waals surface area contributed by atoms with Gasteiger partial charge in [0, 0.05) is 43.2 Å². The lowest BCUT2D eigenvalue weighted by atomic mass is 10.1. The Labute approximate surface area is 158 Å². The highest BCUT2D eigenvalue weighted by molar-refractivity contribution is 5.69. The van der Waals surface area contributed by atoms with Crippen LogP contribution in [-0.4, -0.2) is 39.7 Å². The maximum Gasteiger partial charge on any atom is 0.156 e. The number of anilines is 1. The van der Waals surface area contributed by atoms with Gasteiger partial charge in [0.05, 0.1) is 11.4 Å². The Morgan fingerprint density at radius 3 is 2.59 bits per heavy atom. The quantitative estimate of drug-likeness (QED) is 0.573. The molecule has 136 valence electrons. The summed E-state index contributed by atoms with van der Waals surface area (Å²) in [5.41, 5.74) is 10.5. The lowest BCUT2D eigenvalue weighted by Crippen LogP contribution is -2.21. The molecule has 6 heteroatoms. The molecular weight excluding hydrogens is 336 g/mol. The summed E-state index contributed by atoms with van der Waals surface area (Å²) in [4.78, 5) is 11.1. The smallest absolute Gasteiger partial charge is 0.156 e. The fraction of sp³-hybridized carbons (Fsp3) is 0.190. The Bertz CT molecular complexity index is 1040. The molecule has 0 amide bonds. The predicted molar refractivity (Wildman–Crippen MR) is 109 cm³/mol. The molecule has 27 heavy (non-hydrogen) atoms. The van der Waals surface area contributed by atoms with E-state index in [-0.39, 0.29) is 0 Å². The number of rotatable bonds is 6. The molecule has 4 rings (SSSR count). The third kappa shape index (κ3) is 3.52. The maximum atomic E-state index is 5.61. The number of fused-ring (bicyclic) bond motifs is 1. The first-order valence-electron chi connectivity index (χ1n) is 9.04. The number of aromatic nitrogens is 4. The van der Waals surface area contributed by atoms with E-state index in [0.29, 0.717) is 6.54 Å². The van der Waals surface area contributed by atoms with E-state index in [9.17, 15) is 0 Å². The molecule has 0 atom stereocenters. The Hall–Kier alpha value is -3.25. The molecule has 4 aromatic rings. The monoisotopic (exact) mass is 358 g/mol.